The second-order valence-corrected chi connectivity index (χ2v) is 5.50. The topological polar surface area (TPSA) is 62.7 Å². The minimum atomic E-state index is 0.490. The first-order valence-electron chi connectivity index (χ1n) is 8.17. The molecule has 122 valence electrons. The van der Waals surface area contributed by atoms with Crippen molar-refractivity contribution in [1.29, 1.82) is 0 Å². The minimum absolute atomic E-state index is 0.490. The number of aromatic nitrogens is 3. The van der Waals surface area contributed by atoms with E-state index in [1.165, 1.54) is 11.1 Å². The summed E-state index contributed by atoms with van der Waals surface area (Å²) in [6.07, 6.45) is 3.60. The molecule has 2 aromatic carbocycles. The number of rotatable bonds is 7. The molecular formula is C19H21N5. The van der Waals surface area contributed by atoms with E-state index in [1.54, 1.807) is 6.20 Å². The summed E-state index contributed by atoms with van der Waals surface area (Å²) in [6.45, 7) is 2.94. The van der Waals surface area contributed by atoms with Gasteiger partial charge in [0.05, 0.1) is 6.20 Å². The van der Waals surface area contributed by atoms with Gasteiger partial charge in [0.1, 0.15) is 0 Å². The second-order valence-electron chi connectivity index (χ2n) is 5.50. The Balaban J connectivity index is 1.57. The van der Waals surface area contributed by atoms with Crippen molar-refractivity contribution in [2.45, 2.75) is 19.8 Å². The highest BCUT2D eigenvalue weighted by Gasteiger charge is 2.01. The number of hydrogen-bond acceptors (Lipinski definition) is 5. The summed E-state index contributed by atoms with van der Waals surface area (Å²) in [6, 6.07) is 18.6. The van der Waals surface area contributed by atoms with E-state index in [2.05, 4.69) is 57.0 Å². The largest absolute Gasteiger partial charge is 0.368 e. The molecule has 0 unspecified atom stereocenters. The molecule has 24 heavy (non-hydrogen) atoms. The summed E-state index contributed by atoms with van der Waals surface area (Å²) in [4.78, 5) is 4.45. The summed E-state index contributed by atoms with van der Waals surface area (Å²) >= 11 is 0. The van der Waals surface area contributed by atoms with Crippen LogP contribution in [0.2, 0.25) is 0 Å². The third-order valence-corrected chi connectivity index (χ3v) is 3.74. The van der Waals surface area contributed by atoms with Crippen LogP contribution in [0, 0.1) is 0 Å². The van der Waals surface area contributed by atoms with Gasteiger partial charge in [-0.15, -0.1) is 5.10 Å². The van der Waals surface area contributed by atoms with Crippen LogP contribution in [0.4, 0.5) is 17.5 Å². The summed E-state index contributed by atoms with van der Waals surface area (Å²) in [5, 5.41) is 14.5. The van der Waals surface area contributed by atoms with Crippen LogP contribution in [-0.2, 0) is 12.8 Å². The van der Waals surface area contributed by atoms with Crippen LogP contribution < -0.4 is 10.6 Å². The normalized spacial score (nSPS) is 10.4. The van der Waals surface area contributed by atoms with Gasteiger partial charge in [-0.2, -0.15) is 10.1 Å². The van der Waals surface area contributed by atoms with Crippen LogP contribution in [-0.4, -0.2) is 21.7 Å². The maximum atomic E-state index is 4.45. The smallest absolute Gasteiger partial charge is 0.249 e. The minimum Gasteiger partial charge on any atom is -0.368 e. The van der Waals surface area contributed by atoms with E-state index in [1.807, 2.05) is 30.3 Å². The zero-order chi connectivity index (χ0) is 16.6. The highest BCUT2D eigenvalue weighted by molar-refractivity contribution is 5.54. The Hall–Kier alpha value is -2.95. The lowest BCUT2D eigenvalue weighted by Crippen LogP contribution is -2.08. The van der Waals surface area contributed by atoms with Crippen LogP contribution in [0.15, 0.2) is 60.8 Å². The van der Waals surface area contributed by atoms with Gasteiger partial charge in [0.25, 0.3) is 0 Å². The monoisotopic (exact) mass is 319 g/mol. The van der Waals surface area contributed by atoms with Crippen molar-refractivity contribution >= 4 is 17.5 Å². The predicted octanol–water partition coefficient (Wildman–Crippen LogP) is 3.83. The van der Waals surface area contributed by atoms with E-state index in [0.717, 1.165) is 25.1 Å². The number of benzene rings is 2. The molecule has 1 aromatic heterocycles. The van der Waals surface area contributed by atoms with Gasteiger partial charge in [0.2, 0.25) is 5.95 Å². The molecule has 0 aliphatic rings. The molecule has 0 saturated carbocycles. The molecule has 0 atom stereocenters. The first kappa shape index (κ1) is 15.9. The molecule has 3 aromatic rings. The number of hydrogen-bond donors (Lipinski definition) is 2. The Labute approximate surface area is 142 Å². The Kier molecular flexibility index (Phi) is 5.35. The quantitative estimate of drug-likeness (QED) is 0.693. The maximum absolute atomic E-state index is 4.45. The van der Waals surface area contributed by atoms with Crippen LogP contribution in [0.25, 0.3) is 0 Å². The predicted molar refractivity (Wildman–Crippen MR) is 97.6 cm³/mol. The van der Waals surface area contributed by atoms with E-state index in [0.29, 0.717) is 11.8 Å². The zero-order valence-corrected chi connectivity index (χ0v) is 13.7. The van der Waals surface area contributed by atoms with Crippen molar-refractivity contribution in [2.75, 3.05) is 17.2 Å². The lowest BCUT2D eigenvalue weighted by Gasteiger charge is -2.08. The first-order chi connectivity index (χ1) is 11.8. The number of anilines is 3. The third-order valence-electron chi connectivity index (χ3n) is 3.74. The average molecular weight is 319 g/mol. The molecule has 0 fully saturated rings. The molecule has 2 N–H and O–H groups in total. The van der Waals surface area contributed by atoms with Crippen molar-refractivity contribution in [2.24, 2.45) is 0 Å². The second kappa shape index (κ2) is 8.06. The number of aryl methyl sites for hydroxylation is 1. The number of nitrogens with zero attached hydrogens (tertiary/aromatic N) is 3. The molecule has 0 radical (unpaired) electrons. The van der Waals surface area contributed by atoms with Crippen LogP contribution in [0.3, 0.4) is 0 Å². The van der Waals surface area contributed by atoms with Gasteiger partial charge in [0.15, 0.2) is 5.82 Å². The fourth-order valence-corrected chi connectivity index (χ4v) is 2.37. The Morgan fingerprint density at radius 1 is 0.917 bits per heavy atom. The molecule has 0 spiro atoms. The van der Waals surface area contributed by atoms with E-state index in [4.69, 9.17) is 0 Å². The van der Waals surface area contributed by atoms with Crippen molar-refractivity contribution in [3.05, 3.63) is 71.9 Å². The maximum Gasteiger partial charge on any atom is 0.249 e. The Bertz CT molecular complexity index is 756. The lowest BCUT2D eigenvalue weighted by atomic mass is 10.1. The zero-order valence-electron chi connectivity index (χ0n) is 13.7. The Morgan fingerprint density at radius 2 is 1.71 bits per heavy atom. The number of nitrogens with one attached hydrogen (secondary N) is 2. The van der Waals surface area contributed by atoms with E-state index < -0.39 is 0 Å². The molecule has 0 amide bonds. The molecule has 0 saturated heterocycles. The fraction of sp³-hybridized carbons (Fsp3) is 0.211. The van der Waals surface area contributed by atoms with E-state index in [9.17, 15) is 0 Å². The first-order valence-corrected chi connectivity index (χ1v) is 8.17. The van der Waals surface area contributed by atoms with Gasteiger partial charge in [-0.25, -0.2) is 0 Å². The van der Waals surface area contributed by atoms with E-state index >= 15 is 0 Å². The van der Waals surface area contributed by atoms with Crippen LogP contribution in [0.5, 0.6) is 0 Å². The molecule has 0 bridgehead atoms. The average Bonchev–Trinajstić information content (AvgIpc) is 2.64. The van der Waals surface area contributed by atoms with Crippen molar-refractivity contribution in [3.63, 3.8) is 0 Å². The summed E-state index contributed by atoms with van der Waals surface area (Å²) in [7, 11) is 0. The Morgan fingerprint density at radius 3 is 2.46 bits per heavy atom. The molecule has 0 aliphatic heterocycles. The van der Waals surface area contributed by atoms with Crippen LogP contribution in [0.1, 0.15) is 18.1 Å². The van der Waals surface area contributed by atoms with Gasteiger partial charge in [0, 0.05) is 12.2 Å². The van der Waals surface area contributed by atoms with Gasteiger partial charge in [-0.05, 0) is 36.1 Å². The van der Waals surface area contributed by atoms with Crippen molar-refractivity contribution in [1.82, 2.24) is 15.2 Å². The summed E-state index contributed by atoms with van der Waals surface area (Å²) < 4.78 is 0. The fourth-order valence-electron chi connectivity index (χ4n) is 2.37. The van der Waals surface area contributed by atoms with E-state index in [-0.39, 0.29) is 0 Å². The molecule has 5 nitrogen and oxygen atoms in total. The SMILES string of the molecule is CCc1ccc(Nc2nncc(NCCc3ccccc3)n2)cc1. The van der Waals surface area contributed by atoms with Crippen LogP contribution >= 0.6 is 0 Å². The standard InChI is InChI=1S/C19H21N5/c1-2-15-8-10-17(11-9-15)22-19-23-18(14-21-24-19)20-13-12-16-6-4-3-5-7-16/h3-11,14H,2,12-13H2,1H3,(H2,20,22,23,24). The van der Waals surface area contributed by atoms with Gasteiger partial charge in [-0.1, -0.05) is 49.4 Å². The molecule has 3 rings (SSSR count). The van der Waals surface area contributed by atoms with Gasteiger partial charge >= 0.3 is 0 Å². The van der Waals surface area contributed by atoms with Crippen molar-refractivity contribution < 1.29 is 0 Å². The third kappa shape index (κ3) is 4.52. The van der Waals surface area contributed by atoms with Gasteiger partial charge in [-0.3, -0.25) is 0 Å². The van der Waals surface area contributed by atoms with Gasteiger partial charge < -0.3 is 10.6 Å². The summed E-state index contributed by atoms with van der Waals surface area (Å²) in [5.41, 5.74) is 3.55. The molecule has 5 heteroatoms. The summed E-state index contributed by atoms with van der Waals surface area (Å²) in [5.74, 6) is 1.21. The molecular weight excluding hydrogens is 298 g/mol. The highest BCUT2D eigenvalue weighted by atomic mass is 15.3. The van der Waals surface area contributed by atoms with Crippen molar-refractivity contribution in [3.8, 4) is 0 Å². The molecule has 1 heterocycles. The lowest BCUT2D eigenvalue weighted by molar-refractivity contribution is 0.950. The highest BCUT2D eigenvalue weighted by Crippen LogP contribution is 2.14. The molecule has 0 aliphatic carbocycles.